The fourth-order valence-electron chi connectivity index (χ4n) is 4.29. The Bertz CT molecular complexity index is 663. The Morgan fingerprint density at radius 2 is 1.89 bits per heavy atom. The molecule has 0 saturated carbocycles. The summed E-state index contributed by atoms with van der Waals surface area (Å²) in [6.45, 7) is 9.99. The van der Waals surface area contributed by atoms with Gasteiger partial charge in [0.2, 0.25) is 11.8 Å². The highest BCUT2D eigenvalue weighted by atomic mass is 16.2. The summed E-state index contributed by atoms with van der Waals surface area (Å²) in [5.74, 6) is 0.429. The molecule has 2 aliphatic rings. The van der Waals surface area contributed by atoms with E-state index in [2.05, 4.69) is 15.2 Å². The third kappa shape index (κ3) is 5.31. The maximum Gasteiger partial charge on any atom is 0.227 e. The first-order valence-electron chi connectivity index (χ1n) is 10.6. The minimum atomic E-state index is -0.311. The van der Waals surface area contributed by atoms with Gasteiger partial charge in [-0.1, -0.05) is 26.8 Å². The van der Waals surface area contributed by atoms with Gasteiger partial charge in [0.25, 0.3) is 0 Å². The topological polar surface area (TPSA) is 65.5 Å². The summed E-state index contributed by atoms with van der Waals surface area (Å²) in [7, 11) is 0. The van der Waals surface area contributed by atoms with Crippen molar-refractivity contribution in [2.75, 3.05) is 26.2 Å². The molecular formula is C22H34N4O2. The average molecular weight is 387 g/mol. The summed E-state index contributed by atoms with van der Waals surface area (Å²) >= 11 is 0. The van der Waals surface area contributed by atoms with Crippen molar-refractivity contribution in [1.82, 2.24) is 20.1 Å². The van der Waals surface area contributed by atoms with Crippen LogP contribution in [-0.4, -0.2) is 58.8 Å². The molecule has 154 valence electrons. The van der Waals surface area contributed by atoms with Crippen molar-refractivity contribution in [2.45, 2.75) is 59.0 Å². The van der Waals surface area contributed by atoms with Gasteiger partial charge in [-0.25, -0.2) is 0 Å². The number of hydrogen-bond acceptors (Lipinski definition) is 4. The van der Waals surface area contributed by atoms with Crippen molar-refractivity contribution in [3.05, 3.63) is 30.1 Å². The normalized spacial score (nSPS) is 22.1. The summed E-state index contributed by atoms with van der Waals surface area (Å²) in [4.78, 5) is 33.9. The number of pyridine rings is 1. The number of amides is 2. The highest BCUT2D eigenvalue weighted by Crippen LogP contribution is 2.26. The highest BCUT2D eigenvalue weighted by molar-refractivity contribution is 5.81. The molecule has 3 heterocycles. The Morgan fingerprint density at radius 1 is 1.14 bits per heavy atom. The van der Waals surface area contributed by atoms with Gasteiger partial charge < -0.3 is 10.2 Å². The van der Waals surface area contributed by atoms with Crippen LogP contribution < -0.4 is 5.32 Å². The van der Waals surface area contributed by atoms with Crippen molar-refractivity contribution in [3.63, 3.8) is 0 Å². The van der Waals surface area contributed by atoms with E-state index in [4.69, 9.17) is 0 Å². The molecule has 0 radical (unpaired) electrons. The zero-order chi connectivity index (χ0) is 20.1. The maximum absolute atomic E-state index is 12.6. The molecule has 0 bridgehead atoms. The smallest absolute Gasteiger partial charge is 0.227 e. The number of nitrogens with one attached hydrogen (secondary N) is 1. The van der Waals surface area contributed by atoms with E-state index in [1.807, 2.05) is 43.9 Å². The molecule has 0 spiro atoms. The van der Waals surface area contributed by atoms with E-state index in [9.17, 15) is 9.59 Å². The minimum Gasteiger partial charge on any atom is -0.350 e. The highest BCUT2D eigenvalue weighted by Gasteiger charge is 2.34. The second-order valence-electron chi connectivity index (χ2n) is 9.15. The summed E-state index contributed by atoms with van der Waals surface area (Å²) in [6.07, 6.45) is 5.77. The third-order valence-electron chi connectivity index (χ3n) is 5.90. The number of likely N-dealkylation sites (tertiary alicyclic amines) is 2. The van der Waals surface area contributed by atoms with Crippen LogP contribution in [-0.2, 0) is 16.1 Å². The first-order valence-corrected chi connectivity index (χ1v) is 10.6. The van der Waals surface area contributed by atoms with Crippen molar-refractivity contribution in [3.8, 4) is 0 Å². The second-order valence-corrected chi connectivity index (χ2v) is 9.15. The maximum atomic E-state index is 12.6. The van der Waals surface area contributed by atoms with Gasteiger partial charge in [-0.2, -0.15) is 0 Å². The van der Waals surface area contributed by atoms with Crippen molar-refractivity contribution in [2.24, 2.45) is 11.3 Å². The fraction of sp³-hybridized carbons (Fsp3) is 0.682. The lowest BCUT2D eigenvalue weighted by Crippen LogP contribution is -2.52. The van der Waals surface area contributed by atoms with Crippen LogP contribution in [0.1, 0.15) is 52.1 Å². The van der Waals surface area contributed by atoms with Crippen LogP contribution in [0.3, 0.4) is 0 Å². The van der Waals surface area contributed by atoms with Gasteiger partial charge in [0, 0.05) is 37.3 Å². The molecule has 3 rings (SSSR count). The number of carbonyl (C=O) groups is 2. The number of carbonyl (C=O) groups excluding carboxylic acids is 2. The van der Waals surface area contributed by atoms with Crippen LogP contribution in [0.15, 0.2) is 24.4 Å². The molecular weight excluding hydrogens is 352 g/mol. The lowest BCUT2D eigenvalue weighted by molar-refractivity contribution is -0.141. The SMILES string of the molecule is CC(C)(C)C(=O)N1CCC(N2CCCC(C(=O)NCc3ccccn3)C2)CC1. The van der Waals surface area contributed by atoms with Gasteiger partial charge in [0.1, 0.15) is 0 Å². The van der Waals surface area contributed by atoms with E-state index >= 15 is 0 Å². The molecule has 1 aromatic heterocycles. The summed E-state index contributed by atoms with van der Waals surface area (Å²) < 4.78 is 0. The second kappa shape index (κ2) is 9.03. The molecule has 6 heteroatoms. The molecule has 2 saturated heterocycles. The number of hydrogen-bond donors (Lipinski definition) is 1. The minimum absolute atomic E-state index is 0.0479. The van der Waals surface area contributed by atoms with Gasteiger partial charge in [0.15, 0.2) is 0 Å². The van der Waals surface area contributed by atoms with Crippen LogP contribution in [0.25, 0.3) is 0 Å². The van der Waals surface area contributed by atoms with Gasteiger partial charge in [0.05, 0.1) is 18.2 Å². The Balaban J connectivity index is 1.47. The predicted octanol–water partition coefficient (Wildman–Crippen LogP) is 2.45. The molecule has 28 heavy (non-hydrogen) atoms. The van der Waals surface area contributed by atoms with Gasteiger partial charge in [-0.05, 0) is 44.4 Å². The molecule has 1 aromatic rings. The van der Waals surface area contributed by atoms with Crippen LogP contribution in [0.5, 0.6) is 0 Å². The van der Waals surface area contributed by atoms with E-state index in [0.717, 1.165) is 57.6 Å². The van der Waals surface area contributed by atoms with E-state index in [1.54, 1.807) is 6.20 Å². The van der Waals surface area contributed by atoms with E-state index in [1.165, 1.54) is 0 Å². The monoisotopic (exact) mass is 386 g/mol. The van der Waals surface area contributed by atoms with Crippen LogP contribution >= 0.6 is 0 Å². The third-order valence-corrected chi connectivity index (χ3v) is 5.90. The molecule has 6 nitrogen and oxygen atoms in total. The molecule has 2 fully saturated rings. The molecule has 2 amide bonds. The molecule has 1 unspecified atom stereocenters. The number of piperidine rings is 2. The quantitative estimate of drug-likeness (QED) is 0.863. The Kier molecular flexibility index (Phi) is 6.70. The van der Waals surface area contributed by atoms with Crippen LogP contribution in [0.2, 0.25) is 0 Å². The standard InChI is InChI=1S/C22H34N4O2/c1-22(2,3)21(28)25-13-9-19(10-14-25)26-12-6-7-17(16-26)20(27)24-15-18-8-4-5-11-23-18/h4-5,8,11,17,19H,6-7,9-10,12-16H2,1-3H3,(H,24,27). The number of rotatable bonds is 4. The average Bonchev–Trinajstić information content (AvgIpc) is 2.72. The van der Waals surface area contributed by atoms with E-state index < -0.39 is 0 Å². The van der Waals surface area contributed by atoms with Gasteiger partial charge in [-0.15, -0.1) is 0 Å². The Morgan fingerprint density at radius 3 is 2.54 bits per heavy atom. The molecule has 0 aliphatic carbocycles. The molecule has 1 atom stereocenters. The van der Waals surface area contributed by atoms with E-state index in [0.29, 0.717) is 12.6 Å². The Hall–Kier alpha value is -1.95. The lowest BCUT2D eigenvalue weighted by atomic mass is 9.91. The molecule has 1 N–H and O–H groups in total. The first kappa shape index (κ1) is 20.8. The van der Waals surface area contributed by atoms with Crippen molar-refractivity contribution < 1.29 is 9.59 Å². The fourth-order valence-corrected chi connectivity index (χ4v) is 4.29. The van der Waals surface area contributed by atoms with Gasteiger partial charge in [-0.3, -0.25) is 19.5 Å². The van der Waals surface area contributed by atoms with Crippen LogP contribution in [0, 0.1) is 11.3 Å². The Labute approximate surface area is 168 Å². The molecule has 2 aliphatic heterocycles. The first-order chi connectivity index (χ1) is 13.3. The summed E-state index contributed by atoms with van der Waals surface area (Å²) in [5, 5.41) is 3.05. The summed E-state index contributed by atoms with van der Waals surface area (Å²) in [5.41, 5.74) is 0.578. The van der Waals surface area contributed by atoms with Crippen molar-refractivity contribution in [1.29, 1.82) is 0 Å². The summed E-state index contributed by atoms with van der Waals surface area (Å²) in [6, 6.07) is 6.23. The zero-order valence-corrected chi connectivity index (χ0v) is 17.5. The largest absolute Gasteiger partial charge is 0.350 e. The van der Waals surface area contributed by atoms with E-state index in [-0.39, 0.29) is 23.1 Å². The van der Waals surface area contributed by atoms with Gasteiger partial charge >= 0.3 is 0 Å². The number of nitrogens with zero attached hydrogens (tertiary/aromatic N) is 3. The molecule has 0 aromatic carbocycles. The predicted molar refractivity (Wildman–Crippen MR) is 109 cm³/mol. The van der Waals surface area contributed by atoms with Crippen molar-refractivity contribution >= 4 is 11.8 Å². The van der Waals surface area contributed by atoms with Crippen LogP contribution in [0.4, 0.5) is 0 Å². The lowest BCUT2D eigenvalue weighted by Gasteiger charge is -2.43. The zero-order valence-electron chi connectivity index (χ0n) is 17.5. The number of aromatic nitrogens is 1.